The quantitative estimate of drug-likeness (QED) is 0.548. The third-order valence-electron chi connectivity index (χ3n) is 1.80. The number of nitrogen functional groups attached to an aromatic ring is 1. The van der Waals surface area contributed by atoms with E-state index in [1.165, 1.54) is 6.07 Å². The zero-order valence-electron chi connectivity index (χ0n) is 7.58. The van der Waals surface area contributed by atoms with E-state index in [0.717, 1.165) is 5.56 Å². The van der Waals surface area contributed by atoms with E-state index in [1.54, 1.807) is 19.3 Å². The number of anilines is 1. The average molecular weight is 179 g/mol. The summed E-state index contributed by atoms with van der Waals surface area (Å²) >= 11 is 0. The first-order chi connectivity index (χ1) is 6.19. The number of phenols is 1. The maximum Gasteiger partial charge on any atom is 0.142 e. The fourth-order valence-electron chi connectivity index (χ4n) is 1.12. The van der Waals surface area contributed by atoms with Crippen molar-refractivity contribution in [3.05, 3.63) is 30.4 Å². The topological polar surface area (TPSA) is 55.5 Å². The number of aromatic hydroxyl groups is 1. The molecular formula is C10H13NO2. The molecule has 0 atom stereocenters. The largest absolute Gasteiger partial charge is 0.508 e. The van der Waals surface area contributed by atoms with Crippen molar-refractivity contribution >= 4 is 5.69 Å². The van der Waals surface area contributed by atoms with Gasteiger partial charge in [0.1, 0.15) is 11.5 Å². The Morgan fingerprint density at radius 2 is 2.31 bits per heavy atom. The molecule has 3 heteroatoms. The van der Waals surface area contributed by atoms with Crippen LogP contribution in [0.1, 0.15) is 5.56 Å². The van der Waals surface area contributed by atoms with Crippen molar-refractivity contribution in [3.63, 3.8) is 0 Å². The highest BCUT2D eigenvalue weighted by molar-refractivity contribution is 5.59. The third kappa shape index (κ3) is 1.93. The average Bonchev–Trinajstić information content (AvgIpc) is 2.10. The van der Waals surface area contributed by atoms with Gasteiger partial charge in [-0.2, -0.15) is 0 Å². The molecule has 0 unspecified atom stereocenters. The zero-order chi connectivity index (χ0) is 9.84. The first-order valence-corrected chi connectivity index (χ1v) is 3.95. The van der Waals surface area contributed by atoms with E-state index >= 15 is 0 Å². The van der Waals surface area contributed by atoms with Gasteiger partial charge in [-0.05, 0) is 12.5 Å². The molecule has 0 aliphatic rings. The number of ether oxygens (including phenoxy) is 1. The fourth-order valence-corrected chi connectivity index (χ4v) is 1.12. The first kappa shape index (κ1) is 9.45. The van der Waals surface area contributed by atoms with Crippen LogP contribution in [0.15, 0.2) is 24.8 Å². The lowest BCUT2D eigenvalue weighted by Crippen LogP contribution is -1.94. The summed E-state index contributed by atoms with van der Waals surface area (Å²) < 4.78 is 5.02. The van der Waals surface area contributed by atoms with Gasteiger partial charge >= 0.3 is 0 Å². The molecule has 3 nitrogen and oxygen atoms in total. The summed E-state index contributed by atoms with van der Waals surface area (Å²) in [6, 6.07) is 3.20. The zero-order valence-corrected chi connectivity index (χ0v) is 7.58. The Balaban J connectivity index is 3.13. The van der Waals surface area contributed by atoms with Crippen LogP contribution in [-0.2, 0) is 6.42 Å². The smallest absolute Gasteiger partial charge is 0.142 e. The lowest BCUT2D eigenvalue weighted by atomic mass is 10.1. The molecule has 0 radical (unpaired) electrons. The van der Waals surface area contributed by atoms with Crippen LogP contribution in [0.4, 0.5) is 5.69 Å². The van der Waals surface area contributed by atoms with Crippen LogP contribution in [-0.4, -0.2) is 12.2 Å². The highest BCUT2D eigenvalue weighted by Gasteiger charge is 2.05. The van der Waals surface area contributed by atoms with E-state index < -0.39 is 0 Å². The van der Waals surface area contributed by atoms with Crippen LogP contribution >= 0.6 is 0 Å². The molecule has 0 spiro atoms. The number of benzene rings is 1. The van der Waals surface area contributed by atoms with Crippen molar-refractivity contribution in [1.82, 2.24) is 0 Å². The second-order valence-electron chi connectivity index (χ2n) is 2.72. The van der Waals surface area contributed by atoms with Crippen LogP contribution in [0.2, 0.25) is 0 Å². The molecule has 0 aliphatic carbocycles. The second-order valence-corrected chi connectivity index (χ2v) is 2.72. The van der Waals surface area contributed by atoms with Crippen molar-refractivity contribution in [1.29, 1.82) is 0 Å². The minimum Gasteiger partial charge on any atom is -0.508 e. The lowest BCUT2D eigenvalue weighted by molar-refractivity contribution is 0.413. The van der Waals surface area contributed by atoms with E-state index in [4.69, 9.17) is 10.5 Å². The number of phenolic OH excluding ortho intramolecular Hbond substituents is 1. The van der Waals surface area contributed by atoms with Crippen molar-refractivity contribution in [3.8, 4) is 11.5 Å². The van der Waals surface area contributed by atoms with Crippen LogP contribution in [0.25, 0.3) is 0 Å². The van der Waals surface area contributed by atoms with Crippen LogP contribution in [0.5, 0.6) is 11.5 Å². The predicted molar refractivity (Wildman–Crippen MR) is 53.0 cm³/mol. The molecule has 0 saturated heterocycles. The number of hydrogen-bond donors (Lipinski definition) is 2. The van der Waals surface area contributed by atoms with E-state index in [2.05, 4.69) is 6.58 Å². The normalized spacial score (nSPS) is 9.62. The van der Waals surface area contributed by atoms with Crippen LogP contribution in [0.3, 0.4) is 0 Å². The fraction of sp³-hybridized carbons (Fsp3) is 0.200. The summed E-state index contributed by atoms with van der Waals surface area (Å²) in [5, 5.41) is 9.46. The molecule has 1 aromatic carbocycles. The Bertz CT molecular complexity index is 321. The minimum absolute atomic E-state index is 0.179. The number of nitrogens with two attached hydrogens (primary N) is 1. The van der Waals surface area contributed by atoms with E-state index in [1.807, 2.05) is 0 Å². The van der Waals surface area contributed by atoms with E-state index in [0.29, 0.717) is 17.9 Å². The summed E-state index contributed by atoms with van der Waals surface area (Å²) in [6.07, 6.45) is 2.31. The second kappa shape index (κ2) is 3.85. The van der Waals surface area contributed by atoms with Crippen LogP contribution < -0.4 is 10.5 Å². The van der Waals surface area contributed by atoms with Crippen molar-refractivity contribution < 1.29 is 9.84 Å². The molecule has 3 N–H and O–H groups in total. The Kier molecular flexibility index (Phi) is 2.80. The lowest BCUT2D eigenvalue weighted by Gasteiger charge is -2.08. The van der Waals surface area contributed by atoms with Crippen molar-refractivity contribution in [2.45, 2.75) is 6.42 Å². The molecule has 1 aromatic rings. The van der Waals surface area contributed by atoms with Gasteiger partial charge in [-0.1, -0.05) is 6.08 Å². The monoisotopic (exact) mass is 179 g/mol. The van der Waals surface area contributed by atoms with Gasteiger partial charge in [0.2, 0.25) is 0 Å². The molecule has 13 heavy (non-hydrogen) atoms. The molecule has 0 aromatic heterocycles. The summed E-state index contributed by atoms with van der Waals surface area (Å²) in [5.41, 5.74) is 6.79. The standard InChI is InChI=1S/C10H13NO2/c1-3-4-7-5-10(13-2)8(11)6-9(7)12/h3,5-6,12H,1,4,11H2,2H3. The molecule has 0 fully saturated rings. The summed E-state index contributed by atoms with van der Waals surface area (Å²) in [5.74, 6) is 0.757. The number of rotatable bonds is 3. The Hall–Kier alpha value is -1.64. The summed E-state index contributed by atoms with van der Waals surface area (Å²) in [7, 11) is 1.54. The van der Waals surface area contributed by atoms with Gasteiger partial charge < -0.3 is 15.6 Å². The third-order valence-corrected chi connectivity index (χ3v) is 1.80. The van der Waals surface area contributed by atoms with Gasteiger partial charge in [0.05, 0.1) is 12.8 Å². The molecule has 70 valence electrons. The Morgan fingerprint density at radius 1 is 1.62 bits per heavy atom. The highest BCUT2D eigenvalue weighted by atomic mass is 16.5. The SMILES string of the molecule is C=CCc1cc(OC)c(N)cc1O. The van der Waals surface area contributed by atoms with E-state index in [-0.39, 0.29) is 5.75 Å². The molecule has 0 saturated carbocycles. The van der Waals surface area contributed by atoms with Crippen molar-refractivity contribution in [2.75, 3.05) is 12.8 Å². The maximum atomic E-state index is 9.46. The van der Waals surface area contributed by atoms with Gasteiger partial charge in [0.25, 0.3) is 0 Å². The highest BCUT2D eigenvalue weighted by Crippen LogP contribution is 2.30. The van der Waals surface area contributed by atoms with Gasteiger partial charge in [-0.15, -0.1) is 6.58 Å². The maximum absolute atomic E-state index is 9.46. The molecule has 1 rings (SSSR count). The van der Waals surface area contributed by atoms with E-state index in [9.17, 15) is 5.11 Å². The number of allylic oxidation sites excluding steroid dienone is 1. The molecule has 0 bridgehead atoms. The molecule has 0 amide bonds. The number of hydrogen-bond acceptors (Lipinski definition) is 3. The first-order valence-electron chi connectivity index (χ1n) is 3.95. The molecule has 0 heterocycles. The molecule has 0 aliphatic heterocycles. The van der Waals surface area contributed by atoms with Crippen molar-refractivity contribution in [2.24, 2.45) is 0 Å². The van der Waals surface area contributed by atoms with Gasteiger partial charge in [0, 0.05) is 11.6 Å². The Labute approximate surface area is 77.4 Å². The summed E-state index contributed by atoms with van der Waals surface area (Å²) in [4.78, 5) is 0. The number of methoxy groups -OCH3 is 1. The summed E-state index contributed by atoms with van der Waals surface area (Å²) in [6.45, 7) is 3.59. The Morgan fingerprint density at radius 3 is 2.85 bits per heavy atom. The minimum atomic E-state index is 0.179. The van der Waals surface area contributed by atoms with Gasteiger partial charge in [-0.25, -0.2) is 0 Å². The predicted octanol–water partition coefficient (Wildman–Crippen LogP) is 1.71. The van der Waals surface area contributed by atoms with Gasteiger partial charge in [0.15, 0.2) is 0 Å². The van der Waals surface area contributed by atoms with Gasteiger partial charge in [-0.3, -0.25) is 0 Å². The van der Waals surface area contributed by atoms with Crippen LogP contribution in [0, 0.1) is 0 Å². The molecular weight excluding hydrogens is 166 g/mol.